The number of aromatic nitrogens is 3. The van der Waals surface area contributed by atoms with E-state index in [0.29, 0.717) is 6.42 Å². The van der Waals surface area contributed by atoms with Crippen LogP contribution in [0.25, 0.3) is 10.9 Å². The Bertz CT molecular complexity index is 1410. The SMILES string of the molecule is Cc1ncc(Cc2ccc3nc(N4CCC4)c(Cc4ccc(N=CC=CN)cc4)c(Cl)c3c2)n1C. The minimum Gasteiger partial charge on any atom is -0.405 e. The molecule has 0 aliphatic carbocycles. The number of halogens is 1. The molecule has 3 heterocycles. The molecule has 1 aliphatic rings. The van der Waals surface area contributed by atoms with E-state index in [9.17, 15) is 0 Å². The fraction of sp³-hybridized carbons (Fsp3) is 0.250. The lowest BCUT2D eigenvalue weighted by atomic mass is 9.99. The van der Waals surface area contributed by atoms with Crippen LogP contribution in [0.2, 0.25) is 5.02 Å². The van der Waals surface area contributed by atoms with E-state index in [1.165, 1.54) is 29.4 Å². The molecule has 0 amide bonds. The molecule has 4 aromatic rings. The van der Waals surface area contributed by atoms with Gasteiger partial charge < -0.3 is 15.2 Å². The molecule has 0 saturated carbocycles. The third kappa shape index (κ3) is 4.80. The summed E-state index contributed by atoms with van der Waals surface area (Å²) in [6.07, 6.45) is 9.50. The second-order valence-corrected chi connectivity index (χ2v) is 9.34. The Morgan fingerprint density at radius 3 is 2.51 bits per heavy atom. The quantitative estimate of drug-likeness (QED) is 0.352. The van der Waals surface area contributed by atoms with Crippen molar-refractivity contribution < 1.29 is 0 Å². The fourth-order valence-electron chi connectivity index (χ4n) is 4.36. The largest absolute Gasteiger partial charge is 0.405 e. The average molecular weight is 485 g/mol. The maximum atomic E-state index is 7.12. The number of nitrogens with two attached hydrogens (primary N) is 1. The number of aryl methyl sites for hydroxylation is 1. The van der Waals surface area contributed by atoms with Gasteiger partial charge in [0.05, 0.1) is 16.2 Å². The molecule has 5 rings (SSSR count). The number of aliphatic imine (C=N–C) groups is 1. The van der Waals surface area contributed by atoms with Crippen molar-refractivity contribution in [2.24, 2.45) is 17.8 Å². The van der Waals surface area contributed by atoms with Crippen molar-refractivity contribution in [2.75, 3.05) is 18.0 Å². The molecule has 1 saturated heterocycles. The van der Waals surface area contributed by atoms with Crippen LogP contribution in [0, 0.1) is 6.92 Å². The van der Waals surface area contributed by atoms with Gasteiger partial charge in [0.25, 0.3) is 0 Å². The molecule has 7 heteroatoms. The molecule has 6 nitrogen and oxygen atoms in total. The van der Waals surface area contributed by atoms with E-state index in [2.05, 4.69) is 56.8 Å². The second-order valence-electron chi connectivity index (χ2n) is 8.96. The van der Waals surface area contributed by atoms with E-state index >= 15 is 0 Å². The zero-order chi connectivity index (χ0) is 24.4. The Morgan fingerprint density at radius 2 is 1.86 bits per heavy atom. The molecular formula is C28H29ClN6. The third-order valence-electron chi connectivity index (χ3n) is 6.65. The molecule has 1 aliphatic heterocycles. The molecular weight excluding hydrogens is 456 g/mol. The first-order valence-electron chi connectivity index (χ1n) is 11.9. The lowest BCUT2D eigenvalue weighted by molar-refractivity contribution is 0.608. The Hall–Kier alpha value is -3.64. The maximum absolute atomic E-state index is 7.12. The Morgan fingerprint density at radius 1 is 1.09 bits per heavy atom. The number of anilines is 1. The van der Waals surface area contributed by atoms with Crippen LogP contribution in [-0.4, -0.2) is 33.8 Å². The van der Waals surface area contributed by atoms with Crippen LogP contribution in [0.3, 0.4) is 0 Å². The number of pyridine rings is 1. The van der Waals surface area contributed by atoms with Crippen molar-refractivity contribution in [1.29, 1.82) is 0 Å². The van der Waals surface area contributed by atoms with Gasteiger partial charge in [-0.3, -0.25) is 4.99 Å². The molecule has 35 heavy (non-hydrogen) atoms. The summed E-state index contributed by atoms with van der Waals surface area (Å²) in [6.45, 7) is 4.05. The number of allylic oxidation sites excluding steroid dienone is 1. The highest BCUT2D eigenvalue weighted by Crippen LogP contribution is 2.37. The summed E-state index contributed by atoms with van der Waals surface area (Å²) in [5.41, 5.74) is 11.8. The summed E-state index contributed by atoms with van der Waals surface area (Å²) in [5, 5.41) is 1.78. The number of benzene rings is 2. The highest BCUT2D eigenvalue weighted by atomic mass is 35.5. The second kappa shape index (κ2) is 9.92. The van der Waals surface area contributed by atoms with Crippen LogP contribution in [0.4, 0.5) is 11.5 Å². The summed E-state index contributed by atoms with van der Waals surface area (Å²) >= 11 is 7.12. The number of hydrogen-bond donors (Lipinski definition) is 1. The summed E-state index contributed by atoms with van der Waals surface area (Å²) in [6, 6.07) is 14.6. The number of hydrogen-bond acceptors (Lipinski definition) is 5. The van der Waals surface area contributed by atoms with Crippen molar-refractivity contribution in [3.8, 4) is 0 Å². The van der Waals surface area contributed by atoms with Crippen molar-refractivity contribution in [3.63, 3.8) is 0 Å². The molecule has 0 spiro atoms. The van der Waals surface area contributed by atoms with E-state index in [0.717, 1.165) is 58.3 Å². The van der Waals surface area contributed by atoms with Crippen molar-refractivity contribution in [3.05, 3.63) is 94.2 Å². The lowest BCUT2D eigenvalue weighted by Crippen LogP contribution is -2.38. The monoisotopic (exact) mass is 484 g/mol. The molecule has 178 valence electrons. The summed E-state index contributed by atoms with van der Waals surface area (Å²) < 4.78 is 2.13. The summed E-state index contributed by atoms with van der Waals surface area (Å²) in [4.78, 5) is 16.2. The Labute approximate surface area is 210 Å². The van der Waals surface area contributed by atoms with Gasteiger partial charge in [0.2, 0.25) is 0 Å². The predicted molar refractivity (Wildman–Crippen MR) is 145 cm³/mol. The molecule has 0 radical (unpaired) electrons. The molecule has 0 atom stereocenters. The first-order chi connectivity index (χ1) is 17.0. The van der Waals surface area contributed by atoms with E-state index in [-0.39, 0.29) is 0 Å². The van der Waals surface area contributed by atoms with E-state index in [1.54, 1.807) is 12.3 Å². The number of imidazole rings is 1. The van der Waals surface area contributed by atoms with Crippen LogP contribution < -0.4 is 10.6 Å². The maximum Gasteiger partial charge on any atom is 0.134 e. The van der Waals surface area contributed by atoms with Crippen molar-refractivity contribution in [1.82, 2.24) is 14.5 Å². The third-order valence-corrected chi connectivity index (χ3v) is 7.09. The van der Waals surface area contributed by atoms with E-state index in [4.69, 9.17) is 22.3 Å². The summed E-state index contributed by atoms with van der Waals surface area (Å²) in [7, 11) is 2.05. The van der Waals surface area contributed by atoms with Gasteiger partial charge >= 0.3 is 0 Å². The van der Waals surface area contributed by atoms with Gasteiger partial charge in [-0.15, -0.1) is 0 Å². The van der Waals surface area contributed by atoms with Gasteiger partial charge in [0.1, 0.15) is 11.6 Å². The van der Waals surface area contributed by atoms with E-state index < -0.39 is 0 Å². The number of fused-ring (bicyclic) bond motifs is 1. The normalized spacial score (nSPS) is 13.9. The zero-order valence-electron chi connectivity index (χ0n) is 20.1. The van der Waals surface area contributed by atoms with Crippen molar-refractivity contribution in [2.45, 2.75) is 26.2 Å². The summed E-state index contributed by atoms with van der Waals surface area (Å²) in [5.74, 6) is 2.01. The smallest absolute Gasteiger partial charge is 0.134 e. The van der Waals surface area contributed by atoms with Crippen LogP contribution >= 0.6 is 11.6 Å². The minimum atomic E-state index is 0.714. The molecule has 0 bridgehead atoms. The van der Waals surface area contributed by atoms with E-state index in [1.807, 2.05) is 25.3 Å². The van der Waals surface area contributed by atoms with Crippen molar-refractivity contribution >= 4 is 40.2 Å². The highest BCUT2D eigenvalue weighted by Gasteiger charge is 2.23. The fourth-order valence-corrected chi connectivity index (χ4v) is 4.66. The van der Waals surface area contributed by atoms with Crippen LogP contribution in [-0.2, 0) is 19.9 Å². The van der Waals surface area contributed by atoms with Crippen LogP contribution in [0.1, 0.15) is 34.6 Å². The average Bonchev–Trinajstić information content (AvgIpc) is 3.14. The zero-order valence-corrected chi connectivity index (χ0v) is 20.8. The molecule has 2 aromatic carbocycles. The van der Waals surface area contributed by atoms with Gasteiger partial charge in [0.15, 0.2) is 0 Å². The topological polar surface area (TPSA) is 72.3 Å². The highest BCUT2D eigenvalue weighted by molar-refractivity contribution is 6.36. The van der Waals surface area contributed by atoms with Gasteiger partial charge in [-0.05, 0) is 61.0 Å². The lowest BCUT2D eigenvalue weighted by Gasteiger charge is -2.34. The van der Waals surface area contributed by atoms with Gasteiger partial charge in [-0.25, -0.2) is 9.97 Å². The van der Waals surface area contributed by atoms with Gasteiger partial charge in [-0.2, -0.15) is 0 Å². The van der Waals surface area contributed by atoms with Gasteiger partial charge in [0, 0.05) is 62.0 Å². The van der Waals surface area contributed by atoms with Crippen LogP contribution in [0.15, 0.2) is 65.9 Å². The van der Waals surface area contributed by atoms with Crippen LogP contribution in [0.5, 0.6) is 0 Å². The first kappa shape index (κ1) is 23.1. The van der Waals surface area contributed by atoms with Gasteiger partial charge in [-0.1, -0.05) is 29.8 Å². The standard InChI is InChI=1S/C28H29ClN6/c1-19-32-18-23(34(19)2)15-21-7-10-26-24(17-21)27(29)25(28(33-26)35-13-4-14-35)16-20-5-8-22(9-6-20)31-12-3-11-30/h3,5-12,17-18H,4,13-16,30H2,1-2H3. The minimum absolute atomic E-state index is 0.714. The molecule has 2 aromatic heterocycles. The number of nitrogens with zero attached hydrogens (tertiary/aromatic N) is 5. The predicted octanol–water partition coefficient (Wildman–Crippen LogP) is 5.50. The molecule has 1 fully saturated rings. The Kier molecular flexibility index (Phi) is 6.55. The first-order valence-corrected chi connectivity index (χ1v) is 12.2. The number of rotatable bonds is 7. The molecule has 0 unspecified atom stereocenters. The Balaban J connectivity index is 1.50. The molecule has 2 N–H and O–H groups in total.